The first-order chi connectivity index (χ1) is 7.92. The summed E-state index contributed by atoms with van der Waals surface area (Å²) in [5.41, 5.74) is -0.445. The third kappa shape index (κ3) is 6.31. The molecule has 0 aromatic rings. The van der Waals surface area contributed by atoms with Crippen molar-refractivity contribution in [3.8, 4) is 0 Å². The number of rotatable bonds is 6. The van der Waals surface area contributed by atoms with Crippen molar-refractivity contribution in [2.24, 2.45) is 0 Å². The van der Waals surface area contributed by atoms with Crippen molar-refractivity contribution in [2.45, 2.75) is 45.3 Å². The molecular weight excluding hydrogens is 218 g/mol. The molecule has 1 saturated heterocycles. The average Bonchev–Trinajstić information content (AvgIpc) is 2.98. The van der Waals surface area contributed by atoms with Gasteiger partial charge < -0.3 is 14.4 Å². The largest absolute Gasteiger partial charge is 0.444 e. The van der Waals surface area contributed by atoms with Gasteiger partial charge in [0.1, 0.15) is 5.60 Å². The summed E-state index contributed by atoms with van der Waals surface area (Å²) in [6, 6.07) is 0. The van der Waals surface area contributed by atoms with Crippen molar-refractivity contribution >= 4 is 6.09 Å². The van der Waals surface area contributed by atoms with Crippen LogP contribution in [0.5, 0.6) is 0 Å². The molecular formula is C13H23NO3. The molecule has 0 radical (unpaired) electrons. The normalized spacial score (nSPS) is 18.6. The summed E-state index contributed by atoms with van der Waals surface area (Å²) in [6.07, 6.45) is 3.57. The summed E-state index contributed by atoms with van der Waals surface area (Å²) in [5.74, 6) is 0. The van der Waals surface area contributed by atoms with Gasteiger partial charge in [-0.3, -0.25) is 0 Å². The second-order valence-corrected chi connectivity index (χ2v) is 5.29. The summed E-state index contributed by atoms with van der Waals surface area (Å²) in [7, 11) is 0. The van der Waals surface area contributed by atoms with E-state index in [9.17, 15) is 4.79 Å². The van der Waals surface area contributed by atoms with E-state index in [0.717, 1.165) is 19.4 Å². The van der Waals surface area contributed by atoms with Crippen molar-refractivity contribution in [3.05, 3.63) is 12.7 Å². The predicted octanol–water partition coefficient (Wildman–Crippen LogP) is 2.59. The minimum atomic E-state index is -0.445. The summed E-state index contributed by atoms with van der Waals surface area (Å²) >= 11 is 0. The Bertz CT molecular complexity index is 266. The van der Waals surface area contributed by atoms with Crippen LogP contribution in [0.25, 0.3) is 0 Å². The minimum Gasteiger partial charge on any atom is -0.444 e. The molecule has 0 aromatic heterocycles. The van der Waals surface area contributed by atoms with E-state index in [2.05, 4.69) is 6.58 Å². The van der Waals surface area contributed by atoms with Gasteiger partial charge in [0.2, 0.25) is 0 Å². The lowest BCUT2D eigenvalue weighted by Crippen LogP contribution is -2.38. The molecule has 0 saturated carbocycles. The average molecular weight is 241 g/mol. The molecule has 17 heavy (non-hydrogen) atoms. The second-order valence-electron chi connectivity index (χ2n) is 5.29. The molecule has 0 aromatic carbocycles. The number of epoxide rings is 1. The Labute approximate surface area is 104 Å². The highest BCUT2D eigenvalue weighted by Crippen LogP contribution is 2.16. The quantitative estimate of drug-likeness (QED) is 0.530. The fourth-order valence-electron chi connectivity index (χ4n) is 1.40. The van der Waals surface area contributed by atoms with E-state index in [1.165, 1.54) is 0 Å². The lowest BCUT2D eigenvalue weighted by Gasteiger charge is -2.27. The van der Waals surface area contributed by atoms with Crippen molar-refractivity contribution in [2.75, 3.05) is 19.7 Å². The van der Waals surface area contributed by atoms with Crippen LogP contribution in [0, 0.1) is 0 Å². The van der Waals surface area contributed by atoms with Gasteiger partial charge in [0.05, 0.1) is 12.7 Å². The first kappa shape index (κ1) is 14.0. The van der Waals surface area contributed by atoms with E-state index in [1.807, 2.05) is 26.8 Å². The lowest BCUT2D eigenvalue weighted by molar-refractivity contribution is 0.0248. The van der Waals surface area contributed by atoms with Gasteiger partial charge in [-0.2, -0.15) is 0 Å². The maximum absolute atomic E-state index is 11.9. The molecule has 4 heteroatoms. The van der Waals surface area contributed by atoms with Crippen LogP contribution < -0.4 is 0 Å². The molecule has 1 aliphatic heterocycles. The van der Waals surface area contributed by atoms with Crippen LogP contribution in [0.3, 0.4) is 0 Å². The van der Waals surface area contributed by atoms with Gasteiger partial charge in [-0.05, 0) is 33.6 Å². The second kappa shape index (κ2) is 6.05. The van der Waals surface area contributed by atoms with E-state index in [1.54, 1.807) is 4.90 Å². The summed E-state index contributed by atoms with van der Waals surface area (Å²) in [5, 5.41) is 0. The van der Waals surface area contributed by atoms with Crippen LogP contribution >= 0.6 is 0 Å². The van der Waals surface area contributed by atoms with Crippen LogP contribution in [0.15, 0.2) is 12.7 Å². The van der Waals surface area contributed by atoms with E-state index in [4.69, 9.17) is 9.47 Å². The molecule has 1 atom stereocenters. The van der Waals surface area contributed by atoms with Crippen molar-refractivity contribution in [1.82, 2.24) is 4.90 Å². The number of carbonyl (C=O) groups is 1. The SMILES string of the molecule is C=CCCN(CCC1CO1)C(=O)OC(C)(C)C. The number of hydrogen-bond donors (Lipinski definition) is 0. The first-order valence-electron chi connectivity index (χ1n) is 6.13. The molecule has 0 bridgehead atoms. The van der Waals surface area contributed by atoms with Crippen LogP contribution in [-0.4, -0.2) is 42.4 Å². The van der Waals surface area contributed by atoms with Gasteiger partial charge in [0, 0.05) is 13.1 Å². The summed E-state index contributed by atoms with van der Waals surface area (Å²) in [6.45, 7) is 11.5. The Morgan fingerprint density at radius 3 is 2.65 bits per heavy atom. The van der Waals surface area contributed by atoms with Gasteiger partial charge >= 0.3 is 6.09 Å². The van der Waals surface area contributed by atoms with Crippen LogP contribution in [0.4, 0.5) is 4.79 Å². The summed E-state index contributed by atoms with van der Waals surface area (Å²) in [4.78, 5) is 13.7. The third-order valence-electron chi connectivity index (χ3n) is 2.38. The van der Waals surface area contributed by atoms with Gasteiger partial charge in [0.15, 0.2) is 0 Å². The molecule has 1 fully saturated rings. The predicted molar refractivity (Wildman–Crippen MR) is 67.0 cm³/mol. The maximum Gasteiger partial charge on any atom is 0.410 e. The van der Waals surface area contributed by atoms with Crippen molar-refractivity contribution in [3.63, 3.8) is 0 Å². The van der Waals surface area contributed by atoms with Gasteiger partial charge in [-0.15, -0.1) is 6.58 Å². The zero-order valence-corrected chi connectivity index (χ0v) is 11.1. The minimum absolute atomic E-state index is 0.250. The molecule has 1 rings (SSSR count). The smallest absolute Gasteiger partial charge is 0.410 e. The number of carbonyl (C=O) groups excluding carboxylic acids is 1. The first-order valence-corrected chi connectivity index (χ1v) is 6.13. The summed E-state index contributed by atoms with van der Waals surface area (Å²) < 4.78 is 10.5. The molecule has 1 heterocycles. The van der Waals surface area contributed by atoms with Gasteiger partial charge in [-0.1, -0.05) is 6.08 Å². The number of nitrogens with zero attached hydrogens (tertiary/aromatic N) is 1. The topological polar surface area (TPSA) is 42.1 Å². The Morgan fingerprint density at radius 2 is 2.18 bits per heavy atom. The molecule has 0 spiro atoms. The molecule has 0 N–H and O–H groups in total. The molecule has 4 nitrogen and oxygen atoms in total. The Hall–Kier alpha value is -1.03. The van der Waals surface area contributed by atoms with Crippen LogP contribution in [-0.2, 0) is 9.47 Å². The monoisotopic (exact) mass is 241 g/mol. The van der Waals surface area contributed by atoms with E-state index < -0.39 is 5.60 Å². The van der Waals surface area contributed by atoms with E-state index in [0.29, 0.717) is 19.2 Å². The van der Waals surface area contributed by atoms with Gasteiger partial charge in [0.25, 0.3) is 0 Å². The third-order valence-corrected chi connectivity index (χ3v) is 2.38. The Kier molecular flexibility index (Phi) is 5.00. The van der Waals surface area contributed by atoms with Crippen molar-refractivity contribution in [1.29, 1.82) is 0 Å². The van der Waals surface area contributed by atoms with E-state index in [-0.39, 0.29) is 6.09 Å². The lowest BCUT2D eigenvalue weighted by atomic mass is 10.2. The number of amides is 1. The standard InChI is InChI=1S/C13H23NO3/c1-5-6-8-14(9-7-11-10-16-11)12(15)17-13(2,3)4/h5,11H,1,6-10H2,2-4H3. The Morgan fingerprint density at radius 1 is 1.53 bits per heavy atom. The maximum atomic E-state index is 11.9. The zero-order valence-electron chi connectivity index (χ0n) is 11.1. The highest BCUT2D eigenvalue weighted by Gasteiger charge is 2.26. The molecule has 98 valence electrons. The highest BCUT2D eigenvalue weighted by atomic mass is 16.6. The zero-order chi connectivity index (χ0) is 12.9. The number of ether oxygens (including phenoxy) is 2. The Balaban J connectivity index is 2.40. The van der Waals surface area contributed by atoms with Gasteiger partial charge in [-0.25, -0.2) is 4.79 Å². The van der Waals surface area contributed by atoms with E-state index >= 15 is 0 Å². The highest BCUT2D eigenvalue weighted by molar-refractivity contribution is 5.68. The van der Waals surface area contributed by atoms with Crippen molar-refractivity contribution < 1.29 is 14.3 Å². The molecule has 0 aliphatic carbocycles. The van der Waals surface area contributed by atoms with Crippen LogP contribution in [0.2, 0.25) is 0 Å². The fourth-order valence-corrected chi connectivity index (χ4v) is 1.40. The fraction of sp³-hybridized carbons (Fsp3) is 0.769. The van der Waals surface area contributed by atoms with Crippen LogP contribution in [0.1, 0.15) is 33.6 Å². The molecule has 1 amide bonds. The number of hydrogen-bond acceptors (Lipinski definition) is 3. The molecule has 1 unspecified atom stereocenters. The molecule has 1 aliphatic rings.